The minimum Gasteiger partial charge on any atom is -0.353 e. The molecule has 1 aromatic carbocycles. The monoisotopic (exact) mass is 444 g/mol. The van der Waals surface area contributed by atoms with Crippen LogP contribution in [0, 0.1) is 6.92 Å². The van der Waals surface area contributed by atoms with Gasteiger partial charge < -0.3 is 10.1 Å². The lowest BCUT2D eigenvalue weighted by Crippen LogP contribution is -2.39. The third-order valence-corrected chi connectivity index (χ3v) is 6.89. The van der Waals surface area contributed by atoms with Crippen LogP contribution >= 0.6 is 11.3 Å². The molecule has 1 fully saturated rings. The first-order valence-electron chi connectivity index (χ1n) is 10.7. The molecule has 2 N–H and O–H groups in total. The van der Waals surface area contributed by atoms with E-state index < -0.39 is 0 Å². The summed E-state index contributed by atoms with van der Waals surface area (Å²) in [4.78, 5) is 27.8. The first-order valence-corrected chi connectivity index (χ1v) is 11.5. The maximum absolute atomic E-state index is 11.1. The van der Waals surface area contributed by atoms with Crippen molar-refractivity contribution >= 4 is 33.7 Å². The van der Waals surface area contributed by atoms with Gasteiger partial charge in [0, 0.05) is 49.5 Å². The van der Waals surface area contributed by atoms with E-state index in [0.29, 0.717) is 12.5 Å². The number of aryl methyl sites for hydroxylation is 1. The van der Waals surface area contributed by atoms with Gasteiger partial charge in [0.05, 0.1) is 10.6 Å². The summed E-state index contributed by atoms with van der Waals surface area (Å²) < 4.78 is 1.24. The molecule has 0 aliphatic carbocycles. The molecule has 0 bridgehead atoms. The number of nitrogens with zero attached hydrogens (tertiary/aromatic N) is 4. The first-order chi connectivity index (χ1) is 15.7. The van der Waals surface area contributed by atoms with Crippen molar-refractivity contribution < 1.29 is 4.79 Å². The van der Waals surface area contributed by atoms with E-state index in [2.05, 4.69) is 49.8 Å². The van der Waals surface area contributed by atoms with Crippen molar-refractivity contribution in [2.24, 2.45) is 0 Å². The highest BCUT2D eigenvalue weighted by molar-refractivity contribution is 7.22. The van der Waals surface area contributed by atoms with Crippen LogP contribution in [0.2, 0.25) is 0 Å². The molecule has 0 saturated carbocycles. The van der Waals surface area contributed by atoms with Gasteiger partial charge in [-0.25, -0.2) is 9.97 Å². The van der Waals surface area contributed by atoms with Crippen LogP contribution in [0.1, 0.15) is 5.56 Å². The molecular formula is C24H24N6OS. The fourth-order valence-electron chi connectivity index (χ4n) is 4.04. The number of carbonyl (C=O) groups is 1. The van der Waals surface area contributed by atoms with E-state index in [-0.39, 0.29) is 6.17 Å². The largest absolute Gasteiger partial charge is 0.353 e. The van der Waals surface area contributed by atoms with E-state index in [1.807, 2.05) is 37.6 Å². The Bertz CT molecular complexity index is 1240. The molecule has 5 rings (SSSR count). The number of benzene rings is 1. The van der Waals surface area contributed by atoms with Crippen LogP contribution in [0.5, 0.6) is 0 Å². The number of hydrogen-bond acceptors (Lipinski definition) is 8. The van der Waals surface area contributed by atoms with E-state index in [1.165, 1.54) is 15.6 Å². The van der Waals surface area contributed by atoms with E-state index in [4.69, 9.17) is 4.98 Å². The van der Waals surface area contributed by atoms with Crippen LogP contribution in [0.4, 0.5) is 5.95 Å². The van der Waals surface area contributed by atoms with Gasteiger partial charge in [0.15, 0.2) is 6.29 Å². The van der Waals surface area contributed by atoms with Crippen LogP contribution in [-0.2, 0) is 4.79 Å². The Hall–Kier alpha value is -3.20. The summed E-state index contributed by atoms with van der Waals surface area (Å²) in [6, 6.07) is 12.7. The summed E-state index contributed by atoms with van der Waals surface area (Å²) in [7, 11) is 0. The average molecular weight is 445 g/mol. The minimum atomic E-state index is -0.195. The summed E-state index contributed by atoms with van der Waals surface area (Å²) in [5, 5.41) is 7.69. The zero-order chi connectivity index (χ0) is 21.9. The number of nitrogens with one attached hydrogen (secondary N) is 2. The van der Waals surface area contributed by atoms with Gasteiger partial charge in [0.25, 0.3) is 0 Å². The van der Waals surface area contributed by atoms with Crippen molar-refractivity contribution in [3.8, 4) is 21.7 Å². The molecule has 1 saturated heterocycles. The van der Waals surface area contributed by atoms with Crippen molar-refractivity contribution in [1.82, 2.24) is 25.2 Å². The van der Waals surface area contributed by atoms with Crippen molar-refractivity contribution in [3.63, 3.8) is 0 Å². The van der Waals surface area contributed by atoms with E-state index in [0.717, 1.165) is 47.6 Å². The van der Waals surface area contributed by atoms with E-state index >= 15 is 0 Å². The van der Waals surface area contributed by atoms with Gasteiger partial charge in [-0.2, -0.15) is 0 Å². The van der Waals surface area contributed by atoms with Crippen molar-refractivity contribution in [1.29, 1.82) is 0 Å². The average Bonchev–Trinajstić information content (AvgIpc) is 3.47. The number of aldehydes is 1. The van der Waals surface area contributed by atoms with Crippen LogP contribution in [0.25, 0.3) is 31.8 Å². The van der Waals surface area contributed by atoms with Crippen LogP contribution in [0.3, 0.4) is 0 Å². The summed E-state index contributed by atoms with van der Waals surface area (Å²) in [5.41, 5.74) is 4.34. The molecule has 4 aromatic rings. The number of pyridine rings is 1. The number of thiophene rings is 1. The maximum atomic E-state index is 11.1. The van der Waals surface area contributed by atoms with Gasteiger partial charge in [0.2, 0.25) is 5.95 Å². The number of fused-ring (bicyclic) bond motifs is 1. The zero-order valence-corrected chi connectivity index (χ0v) is 18.6. The highest BCUT2D eigenvalue weighted by Crippen LogP contribution is 2.39. The molecule has 162 valence electrons. The molecule has 3 aromatic heterocycles. The number of rotatable bonds is 7. The van der Waals surface area contributed by atoms with Gasteiger partial charge >= 0.3 is 0 Å². The van der Waals surface area contributed by atoms with Gasteiger partial charge in [0.1, 0.15) is 6.17 Å². The normalized spacial score (nSPS) is 16.5. The fourth-order valence-corrected chi connectivity index (χ4v) is 5.29. The molecule has 0 amide bonds. The third-order valence-electron chi connectivity index (χ3n) is 5.70. The first kappa shape index (κ1) is 20.7. The Morgan fingerprint density at radius 3 is 3.00 bits per heavy atom. The minimum absolute atomic E-state index is 0.195. The Morgan fingerprint density at radius 2 is 2.16 bits per heavy atom. The zero-order valence-electron chi connectivity index (χ0n) is 17.8. The standard InChI is InChI=1S/C24H24N6OS/c1-16-14-28-24(27-10-12-30-11-9-26-21(30)15-31)29-22(16)20-13-18-3-2-4-19(23(18)32-20)17-5-7-25-8-6-17/h2-8,13-15,21,26H,9-12H2,1H3,(H,27,28,29). The van der Waals surface area contributed by atoms with Crippen molar-refractivity contribution in [2.75, 3.05) is 31.5 Å². The van der Waals surface area contributed by atoms with Crippen LogP contribution in [0.15, 0.2) is 55.0 Å². The van der Waals surface area contributed by atoms with E-state index in [1.54, 1.807) is 11.3 Å². The maximum Gasteiger partial charge on any atom is 0.223 e. The second kappa shape index (κ2) is 9.12. The van der Waals surface area contributed by atoms with E-state index in [9.17, 15) is 4.79 Å². The Kier molecular flexibility index (Phi) is 5.89. The summed E-state index contributed by atoms with van der Waals surface area (Å²) in [5.74, 6) is 0.604. The number of carbonyl (C=O) groups excluding carboxylic acids is 1. The quantitative estimate of drug-likeness (QED) is 0.422. The molecule has 8 heteroatoms. The molecule has 4 heterocycles. The van der Waals surface area contributed by atoms with Gasteiger partial charge in [-0.05, 0) is 47.2 Å². The fraction of sp³-hybridized carbons (Fsp3) is 0.250. The summed E-state index contributed by atoms with van der Waals surface area (Å²) in [6.07, 6.45) is 6.27. The molecule has 32 heavy (non-hydrogen) atoms. The van der Waals surface area contributed by atoms with Gasteiger partial charge in [-0.3, -0.25) is 15.2 Å². The van der Waals surface area contributed by atoms with Crippen molar-refractivity contribution in [2.45, 2.75) is 13.1 Å². The Balaban J connectivity index is 1.39. The molecular weight excluding hydrogens is 420 g/mol. The molecule has 0 radical (unpaired) electrons. The van der Waals surface area contributed by atoms with Crippen molar-refractivity contribution in [3.05, 3.63) is 60.6 Å². The second-order valence-corrected chi connectivity index (χ2v) is 8.85. The molecule has 1 aliphatic rings. The Morgan fingerprint density at radius 1 is 1.28 bits per heavy atom. The molecule has 1 atom stereocenters. The second-order valence-electron chi connectivity index (χ2n) is 7.79. The smallest absolute Gasteiger partial charge is 0.223 e. The predicted octanol–water partition coefficient (Wildman–Crippen LogP) is 3.57. The number of anilines is 1. The SMILES string of the molecule is Cc1cnc(NCCN2CCNC2C=O)nc1-c1cc2cccc(-c3ccncc3)c2s1. The predicted molar refractivity (Wildman–Crippen MR) is 129 cm³/mol. The number of aromatic nitrogens is 3. The Labute approximate surface area is 190 Å². The molecule has 7 nitrogen and oxygen atoms in total. The molecule has 0 spiro atoms. The molecule has 1 unspecified atom stereocenters. The highest BCUT2D eigenvalue weighted by atomic mass is 32.1. The summed E-state index contributed by atoms with van der Waals surface area (Å²) in [6.45, 7) is 5.17. The topological polar surface area (TPSA) is 83.0 Å². The number of hydrogen-bond donors (Lipinski definition) is 2. The van der Waals surface area contributed by atoms with Crippen LogP contribution < -0.4 is 10.6 Å². The van der Waals surface area contributed by atoms with Crippen LogP contribution in [-0.4, -0.2) is 58.5 Å². The summed E-state index contributed by atoms with van der Waals surface area (Å²) >= 11 is 1.75. The van der Waals surface area contributed by atoms with Gasteiger partial charge in [-0.1, -0.05) is 18.2 Å². The highest BCUT2D eigenvalue weighted by Gasteiger charge is 2.22. The third kappa shape index (κ3) is 4.12. The lowest BCUT2D eigenvalue weighted by atomic mass is 10.1. The van der Waals surface area contributed by atoms with Gasteiger partial charge in [-0.15, -0.1) is 11.3 Å². The molecule has 1 aliphatic heterocycles. The lowest BCUT2D eigenvalue weighted by molar-refractivity contribution is -0.112. The lowest BCUT2D eigenvalue weighted by Gasteiger charge is -2.19.